The number of aromatic amines is 2. The zero-order chi connectivity index (χ0) is 32.8. The lowest BCUT2D eigenvalue weighted by Gasteiger charge is -2.17. The van der Waals surface area contributed by atoms with Crippen molar-refractivity contribution in [2.24, 2.45) is 5.41 Å². The molecule has 6 aromatic rings. The maximum Gasteiger partial charge on any atom is 0.224 e. The Kier molecular flexibility index (Phi) is 7.88. The number of pyridine rings is 2. The van der Waals surface area contributed by atoms with Gasteiger partial charge in [-0.05, 0) is 53.8 Å². The number of halogens is 2. The molecule has 0 fully saturated rings. The zero-order valence-corrected chi connectivity index (χ0v) is 26.4. The summed E-state index contributed by atoms with van der Waals surface area (Å²) >= 11 is 0. The van der Waals surface area contributed by atoms with E-state index in [9.17, 15) is 17.6 Å². The van der Waals surface area contributed by atoms with E-state index < -0.39 is 21.5 Å². The highest BCUT2D eigenvalue weighted by atomic mass is 32.2. The molecule has 4 aromatic heterocycles. The van der Waals surface area contributed by atoms with Crippen LogP contribution in [0.5, 0.6) is 0 Å². The van der Waals surface area contributed by atoms with Crippen LogP contribution in [-0.4, -0.2) is 56.5 Å². The Morgan fingerprint density at radius 3 is 2.54 bits per heavy atom. The number of aromatic nitrogens is 6. The number of carbonyl (C=O) groups excluding carboxylic acids is 1. The number of imidazole rings is 1. The number of anilines is 1. The van der Waals surface area contributed by atoms with Crippen molar-refractivity contribution in [2.45, 2.75) is 33.6 Å². The number of amides is 1. The van der Waals surface area contributed by atoms with E-state index in [1.165, 1.54) is 30.6 Å². The maximum atomic E-state index is 15.4. The molecule has 0 saturated carbocycles. The van der Waals surface area contributed by atoms with Crippen LogP contribution in [0.3, 0.4) is 0 Å². The van der Waals surface area contributed by atoms with Gasteiger partial charge in [0.05, 0.1) is 34.4 Å². The molecule has 0 atom stereocenters. The lowest BCUT2D eigenvalue weighted by molar-refractivity contribution is -0.117. The predicted octanol–water partition coefficient (Wildman–Crippen LogP) is 6.47. The number of nitrogens with one attached hydrogen (secondary N) is 3. The molecular weight excluding hydrogens is 612 g/mol. The van der Waals surface area contributed by atoms with E-state index in [0.717, 1.165) is 6.26 Å². The third-order valence-electron chi connectivity index (χ3n) is 7.29. The van der Waals surface area contributed by atoms with Crippen molar-refractivity contribution in [1.82, 2.24) is 30.1 Å². The van der Waals surface area contributed by atoms with Crippen LogP contribution in [0.2, 0.25) is 0 Å². The number of sulfone groups is 1. The fourth-order valence-electron chi connectivity index (χ4n) is 5.28. The van der Waals surface area contributed by atoms with Gasteiger partial charge in [0.15, 0.2) is 5.82 Å². The highest BCUT2D eigenvalue weighted by Crippen LogP contribution is 2.34. The normalized spacial score (nSPS) is 12.2. The van der Waals surface area contributed by atoms with Crippen molar-refractivity contribution in [3.8, 4) is 33.9 Å². The summed E-state index contributed by atoms with van der Waals surface area (Å²) in [5.41, 5.74) is 4.30. The Bertz CT molecular complexity index is 2240. The zero-order valence-electron chi connectivity index (χ0n) is 25.6. The first-order valence-electron chi connectivity index (χ1n) is 14.5. The number of H-pyrrole nitrogens is 2. The van der Waals surface area contributed by atoms with Crippen LogP contribution in [0.25, 0.3) is 55.8 Å². The summed E-state index contributed by atoms with van der Waals surface area (Å²) in [4.78, 5) is 29.2. The molecule has 13 heteroatoms. The van der Waals surface area contributed by atoms with Gasteiger partial charge in [0, 0.05) is 53.2 Å². The number of rotatable bonds is 8. The summed E-state index contributed by atoms with van der Waals surface area (Å²) in [6, 6.07) is 10.7. The molecule has 6 rings (SSSR count). The second-order valence-corrected chi connectivity index (χ2v) is 14.8. The maximum absolute atomic E-state index is 15.4. The molecule has 0 aliphatic rings. The number of aryl methyl sites for hydroxylation is 1. The second kappa shape index (κ2) is 11.7. The molecule has 2 aromatic carbocycles. The van der Waals surface area contributed by atoms with Crippen molar-refractivity contribution in [3.63, 3.8) is 0 Å². The van der Waals surface area contributed by atoms with Gasteiger partial charge in [-0.15, -0.1) is 0 Å². The monoisotopic (exact) mass is 643 g/mol. The number of hydrogen-bond donors (Lipinski definition) is 3. The van der Waals surface area contributed by atoms with E-state index in [2.05, 4.69) is 30.5 Å². The fraction of sp³-hybridized carbons (Fsp3) is 0.242. The fourth-order valence-corrected chi connectivity index (χ4v) is 5.88. The van der Waals surface area contributed by atoms with Crippen LogP contribution in [0.4, 0.5) is 14.5 Å². The smallest absolute Gasteiger partial charge is 0.224 e. The predicted molar refractivity (Wildman–Crippen MR) is 174 cm³/mol. The molecule has 0 bridgehead atoms. The minimum atomic E-state index is -3.23. The van der Waals surface area contributed by atoms with Crippen molar-refractivity contribution < 1.29 is 22.0 Å². The topological polar surface area (TPSA) is 146 Å². The van der Waals surface area contributed by atoms with Gasteiger partial charge >= 0.3 is 0 Å². The molecule has 0 saturated heterocycles. The van der Waals surface area contributed by atoms with Gasteiger partial charge in [0.25, 0.3) is 0 Å². The Balaban J connectivity index is 1.37. The third-order valence-corrected chi connectivity index (χ3v) is 8.24. The molecular formula is C33H31F2N7O3S. The molecule has 1 amide bonds. The summed E-state index contributed by atoms with van der Waals surface area (Å²) in [5, 5.41) is 10.7. The lowest BCUT2D eigenvalue weighted by Crippen LogP contribution is -2.19. The van der Waals surface area contributed by atoms with Crippen LogP contribution >= 0.6 is 0 Å². The van der Waals surface area contributed by atoms with E-state index in [0.29, 0.717) is 67.9 Å². The van der Waals surface area contributed by atoms with Gasteiger partial charge in [-0.25, -0.2) is 22.2 Å². The summed E-state index contributed by atoms with van der Waals surface area (Å²) in [7, 11) is -3.23. The van der Waals surface area contributed by atoms with Crippen molar-refractivity contribution in [1.29, 1.82) is 0 Å². The molecule has 10 nitrogen and oxygen atoms in total. The average Bonchev–Trinajstić information content (AvgIpc) is 3.57. The molecule has 236 valence electrons. The lowest BCUT2D eigenvalue weighted by atomic mass is 9.92. The molecule has 3 N–H and O–H groups in total. The van der Waals surface area contributed by atoms with Crippen LogP contribution in [0.15, 0.2) is 61.1 Å². The van der Waals surface area contributed by atoms with E-state index in [1.54, 1.807) is 30.5 Å². The van der Waals surface area contributed by atoms with Gasteiger partial charge in [-0.1, -0.05) is 20.8 Å². The molecule has 0 radical (unpaired) electrons. The summed E-state index contributed by atoms with van der Waals surface area (Å²) in [5.74, 6) is -0.918. The van der Waals surface area contributed by atoms with Gasteiger partial charge in [-0.3, -0.25) is 19.9 Å². The molecule has 0 aliphatic heterocycles. The standard InChI is InChI=1S/C33H31F2N7O3S/c1-33(2,3)15-28(43)38-22-12-20(16-36-17-22)23-13-24-27(14-25(23)35)41-42-30(24)32-39-26-5-7-37-29(31(26)40-32)19-9-18(10-21(34)11-19)6-8-46(4,44)45/h5,7,9-14,16-17H,6,8,15H2,1-4H3,(H,38,43)(H,39,40)(H,41,42). The molecule has 0 spiro atoms. The van der Waals surface area contributed by atoms with Gasteiger partial charge in [0.1, 0.15) is 32.7 Å². The van der Waals surface area contributed by atoms with Crippen LogP contribution in [0, 0.1) is 17.0 Å². The van der Waals surface area contributed by atoms with E-state index in [1.807, 2.05) is 20.8 Å². The first kappa shape index (κ1) is 31.0. The Labute approximate surface area is 263 Å². The molecule has 46 heavy (non-hydrogen) atoms. The Hall–Kier alpha value is -5.04. The Morgan fingerprint density at radius 2 is 1.78 bits per heavy atom. The summed E-state index contributed by atoms with van der Waals surface area (Å²) in [6.45, 7) is 5.90. The molecule has 4 heterocycles. The van der Waals surface area contributed by atoms with Crippen molar-refractivity contribution >= 4 is 43.4 Å². The van der Waals surface area contributed by atoms with Gasteiger partial charge in [-0.2, -0.15) is 5.10 Å². The quantitative estimate of drug-likeness (QED) is 0.172. The highest BCUT2D eigenvalue weighted by molar-refractivity contribution is 7.90. The van der Waals surface area contributed by atoms with Crippen LogP contribution < -0.4 is 5.32 Å². The van der Waals surface area contributed by atoms with Crippen molar-refractivity contribution in [3.05, 3.63) is 78.3 Å². The van der Waals surface area contributed by atoms with Gasteiger partial charge < -0.3 is 10.3 Å². The second-order valence-electron chi connectivity index (χ2n) is 12.6. The van der Waals surface area contributed by atoms with Crippen LogP contribution in [-0.2, 0) is 21.1 Å². The average molecular weight is 644 g/mol. The largest absolute Gasteiger partial charge is 0.336 e. The third kappa shape index (κ3) is 6.79. The number of nitrogens with zero attached hydrogens (tertiary/aromatic N) is 4. The van der Waals surface area contributed by atoms with Gasteiger partial charge in [0.2, 0.25) is 5.91 Å². The number of hydrogen-bond acceptors (Lipinski definition) is 7. The summed E-state index contributed by atoms with van der Waals surface area (Å²) < 4.78 is 53.3. The number of benzene rings is 2. The molecule has 0 unspecified atom stereocenters. The Morgan fingerprint density at radius 1 is 0.978 bits per heavy atom. The SMILES string of the molecule is CC(C)(C)CC(=O)Nc1cncc(-c2cc3c(-c4nc5c(-c6cc(F)cc(CCS(C)(=O)=O)c6)nccc5[nH]4)n[nH]c3cc2F)c1. The first-order valence-corrected chi connectivity index (χ1v) is 16.5. The first-order chi connectivity index (χ1) is 21.7. The number of fused-ring (bicyclic) bond motifs is 2. The van der Waals surface area contributed by atoms with Crippen LogP contribution in [0.1, 0.15) is 32.8 Å². The highest BCUT2D eigenvalue weighted by Gasteiger charge is 2.20. The van der Waals surface area contributed by atoms with Crippen molar-refractivity contribution in [2.75, 3.05) is 17.3 Å². The minimum Gasteiger partial charge on any atom is -0.336 e. The number of carbonyl (C=O) groups is 1. The minimum absolute atomic E-state index is 0.110. The van der Waals surface area contributed by atoms with E-state index in [-0.39, 0.29) is 29.1 Å². The van der Waals surface area contributed by atoms with E-state index in [4.69, 9.17) is 4.98 Å². The summed E-state index contributed by atoms with van der Waals surface area (Å²) in [6.07, 6.45) is 6.21. The van der Waals surface area contributed by atoms with E-state index >= 15 is 4.39 Å². The molecule has 0 aliphatic carbocycles.